The molecule has 0 N–H and O–H groups in total. The van der Waals surface area contributed by atoms with Gasteiger partial charge < -0.3 is 19.1 Å². The van der Waals surface area contributed by atoms with Gasteiger partial charge in [-0.05, 0) is 5.56 Å². The van der Waals surface area contributed by atoms with Crippen molar-refractivity contribution in [2.24, 2.45) is 0 Å². The van der Waals surface area contributed by atoms with E-state index in [0.29, 0.717) is 0 Å². The van der Waals surface area contributed by atoms with E-state index in [-0.39, 0.29) is 11.8 Å². The van der Waals surface area contributed by atoms with Gasteiger partial charge in [0.05, 0.1) is 0 Å². The largest absolute Gasteiger partial charge is 0.487 e. The van der Waals surface area contributed by atoms with Gasteiger partial charge in [-0.15, -0.1) is 0 Å². The van der Waals surface area contributed by atoms with Crippen LogP contribution in [0.3, 0.4) is 0 Å². The molecule has 6 nitrogen and oxygen atoms in total. The lowest BCUT2D eigenvalue weighted by Crippen LogP contribution is -2.47. The predicted molar refractivity (Wildman–Crippen MR) is 88.4 cm³/mol. The lowest BCUT2D eigenvalue weighted by Gasteiger charge is -2.22. The fourth-order valence-corrected chi connectivity index (χ4v) is 2.19. The Morgan fingerprint density at radius 3 is 1.87 bits per heavy atom. The van der Waals surface area contributed by atoms with Crippen molar-refractivity contribution in [2.75, 3.05) is 28.2 Å². The molecule has 122 valence electrons. The second-order valence-corrected chi connectivity index (χ2v) is 5.72. The molecule has 1 aromatic rings. The van der Waals surface area contributed by atoms with Crippen molar-refractivity contribution >= 4 is 25.0 Å². The summed E-state index contributed by atoms with van der Waals surface area (Å²) in [6, 6.07) is 9.66. The van der Waals surface area contributed by atoms with Crippen molar-refractivity contribution in [1.82, 2.24) is 9.80 Å². The van der Waals surface area contributed by atoms with Crippen LogP contribution in [-0.4, -0.2) is 69.1 Å². The van der Waals surface area contributed by atoms with Gasteiger partial charge in [0.25, 0.3) is 11.8 Å². The normalized spacial score (nSPS) is 20.8. The average Bonchev–Trinajstić information content (AvgIpc) is 2.96. The molecule has 2 rings (SSSR count). The molecule has 0 spiro atoms. The van der Waals surface area contributed by atoms with Crippen LogP contribution in [0, 0.1) is 0 Å². The highest BCUT2D eigenvalue weighted by atomic mass is 16.7. The van der Waals surface area contributed by atoms with E-state index in [9.17, 15) is 9.59 Å². The summed E-state index contributed by atoms with van der Waals surface area (Å²) in [5, 5.41) is 0. The van der Waals surface area contributed by atoms with Crippen molar-refractivity contribution in [3.63, 3.8) is 0 Å². The molecule has 0 aliphatic carbocycles. The van der Waals surface area contributed by atoms with Gasteiger partial charge in [0.15, 0.2) is 12.2 Å². The lowest BCUT2D eigenvalue weighted by molar-refractivity contribution is -0.146. The van der Waals surface area contributed by atoms with Crippen LogP contribution >= 0.6 is 0 Å². The first-order valence-electron chi connectivity index (χ1n) is 7.36. The molecule has 1 aromatic carbocycles. The predicted octanol–water partition coefficient (Wildman–Crippen LogP) is 0.688. The third kappa shape index (κ3) is 4.21. The smallest absolute Gasteiger partial charge is 0.393 e. The van der Waals surface area contributed by atoms with Gasteiger partial charge in [-0.2, -0.15) is 0 Å². The number of carbonyl (C=O) groups is 2. The van der Waals surface area contributed by atoms with E-state index in [4.69, 9.17) is 9.31 Å². The Morgan fingerprint density at radius 1 is 0.957 bits per heavy atom. The Morgan fingerprint density at radius 2 is 1.43 bits per heavy atom. The molecule has 0 unspecified atom stereocenters. The molecule has 0 saturated carbocycles. The molecule has 2 amide bonds. The van der Waals surface area contributed by atoms with Crippen LogP contribution in [0.5, 0.6) is 0 Å². The number of hydrogen-bond acceptors (Lipinski definition) is 4. The highest BCUT2D eigenvalue weighted by Gasteiger charge is 2.47. The zero-order valence-electron chi connectivity index (χ0n) is 13.8. The molecule has 0 aromatic heterocycles. The highest BCUT2D eigenvalue weighted by Crippen LogP contribution is 2.21. The molecule has 0 radical (unpaired) electrons. The summed E-state index contributed by atoms with van der Waals surface area (Å²) in [6.45, 7) is 0. The number of nitrogens with zero attached hydrogens (tertiary/aromatic N) is 2. The minimum atomic E-state index is -0.940. The van der Waals surface area contributed by atoms with Crippen LogP contribution in [0.25, 0.3) is 6.08 Å². The van der Waals surface area contributed by atoms with Crippen LogP contribution < -0.4 is 0 Å². The van der Waals surface area contributed by atoms with Gasteiger partial charge in [-0.3, -0.25) is 9.59 Å². The van der Waals surface area contributed by atoms with Crippen molar-refractivity contribution in [2.45, 2.75) is 12.2 Å². The zero-order chi connectivity index (χ0) is 17.0. The van der Waals surface area contributed by atoms with Crippen molar-refractivity contribution in [3.05, 3.63) is 41.9 Å². The molecule has 0 bridgehead atoms. The lowest BCUT2D eigenvalue weighted by atomic mass is 9.89. The number of carbonyl (C=O) groups excluding carboxylic acids is 2. The van der Waals surface area contributed by atoms with E-state index >= 15 is 0 Å². The summed E-state index contributed by atoms with van der Waals surface area (Å²) in [7, 11) is 5.75. The molecular formula is C16H21BN2O4. The third-order valence-corrected chi connectivity index (χ3v) is 3.45. The second kappa shape index (κ2) is 7.43. The summed E-state index contributed by atoms with van der Waals surface area (Å²) in [5.41, 5.74) is 0.984. The van der Waals surface area contributed by atoms with Crippen LogP contribution in [-0.2, 0) is 18.9 Å². The van der Waals surface area contributed by atoms with Crippen LogP contribution in [0.15, 0.2) is 36.3 Å². The summed E-state index contributed by atoms with van der Waals surface area (Å²) in [5.74, 6) is 1.12. The highest BCUT2D eigenvalue weighted by molar-refractivity contribution is 6.53. The first-order valence-corrected chi connectivity index (χ1v) is 7.36. The fourth-order valence-electron chi connectivity index (χ4n) is 2.19. The zero-order valence-corrected chi connectivity index (χ0v) is 13.8. The topological polar surface area (TPSA) is 59.1 Å². The molecule has 1 heterocycles. The Balaban J connectivity index is 2.14. The fraction of sp³-hybridized carbons (Fsp3) is 0.375. The molecule has 7 heteroatoms. The second-order valence-electron chi connectivity index (χ2n) is 5.72. The number of hydrogen-bond donors (Lipinski definition) is 0. The van der Waals surface area contributed by atoms with Crippen molar-refractivity contribution < 1.29 is 18.9 Å². The van der Waals surface area contributed by atoms with Gasteiger partial charge in [0.1, 0.15) is 0 Å². The Hall–Kier alpha value is -2.12. The number of amides is 2. The summed E-state index contributed by atoms with van der Waals surface area (Å²) >= 11 is 0. The van der Waals surface area contributed by atoms with E-state index < -0.39 is 19.3 Å². The minimum absolute atomic E-state index is 0.291. The Labute approximate surface area is 136 Å². The molecule has 2 atom stereocenters. The molecule has 1 fully saturated rings. The number of rotatable bonds is 4. The first-order chi connectivity index (χ1) is 10.9. The average molecular weight is 316 g/mol. The summed E-state index contributed by atoms with van der Waals surface area (Å²) < 4.78 is 11.3. The monoisotopic (exact) mass is 316 g/mol. The maximum Gasteiger partial charge on any atom is 0.487 e. The molecule has 1 aliphatic heterocycles. The van der Waals surface area contributed by atoms with E-state index in [0.717, 1.165) is 5.56 Å². The molecule has 23 heavy (non-hydrogen) atoms. The summed E-state index contributed by atoms with van der Waals surface area (Å²) in [4.78, 5) is 27.2. The van der Waals surface area contributed by atoms with Gasteiger partial charge in [-0.25, -0.2) is 0 Å². The van der Waals surface area contributed by atoms with Crippen molar-refractivity contribution in [3.8, 4) is 0 Å². The van der Waals surface area contributed by atoms with Gasteiger partial charge >= 0.3 is 7.12 Å². The van der Waals surface area contributed by atoms with Gasteiger partial charge in [-0.1, -0.05) is 42.4 Å². The van der Waals surface area contributed by atoms with E-state index in [2.05, 4.69) is 0 Å². The van der Waals surface area contributed by atoms with E-state index in [1.54, 1.807) is 34.2 Å². The maximum atomic E-state index is 12.2. The molecule has 1 saturated heterocycles. The summed E-state index contributed by atoms with van der Waals surface area (Å²) in [6.07, 6.45) is -0.0414. The SMILES string of the molecule is CN(C)C(=O)[C@@H]1OB(/C=C/c2ccccc2)O[C@H]1C(=O)N(C)C. The van der Waals surface area contributed by atoms with Gasteiger partial charge in [0, 0.05) is 28.2 Å². The van der Waals surface area contributed by atoms with Crippen LogP contribution in [0.4, 0.5) is 0 Å². The number of likely N-dealkylation sites (N-methyl/N-ethyl adjacent to an activating group) is 2. The van der Waals surface area contributed by atoms with Crippen LogP contribution in [0.1, 0.15) is 5.56 Å². The van der Waals surface area contributed by atoms with Crippen LogP contribution in [0.2, 0.25) is 0 Å². The molecular weight excluding hydrogens is 295 g/mol. The minimum Gasteiger partial charge on any atom is -0.393 e. The molecule has 1 aliphatic rings. The maximum absolute atomic E-state index is 12.2. The van der Waals surface area contributed by atoms with Crippen molar-refractivity contribution in [1.29, 1.82) is 0 Å². The van der Waals surface area contributed by atoms with Gasteiger partial charge in [0.2, 0.25) is 0 Å². The van der Waals surface area contributed by atoms with E-state index in [1.165, 1.54) is 9.80 Å². The Bertz CT molecular complexity index is 561. The quantitative estimate of drug-likeness (QED) is 0.767. The third-order valence-electron chi connectivity index (χ3n) is 3.45. The number of benzene rings is 1. The Kier molecular flexibility index (Phi) is 5.57. The first kappa shape index (κ1) is 17.2. The standard InChI is InChI=1S/C16H21BN2O4/c1-18(2)15(20)13-14(16(21)19(3)4)23-17(22-13)11-10-12-8-6-5-7-9-12/h5-11,13-14H,1-4H3/b11-10+/t13-,14-/m1/s1. The van der Waals surface area contributed by atoms with E-state index in [1.807, 2.05) is 36.4 Å².